The summed E-state index contributed by atoms with van der Waals surface area (Å²) in [5, 5.41) is 19.7. The zero-order valence-corrected chi connectivity index (χ0v) is 57.3. The number of anilines is 1. The fourth-order valence-corrected chi connectivity index (χ4v) is 15.0. The van der Waals surface area contributed by atoms with Gasteiger partial charge < -0.3 is 13.6 Å². The second kappa shape index (κ2) is 28.7. The molecule has 494 valence electrons. The first-order chi connectivity index (χ1) is 46.7. The van der Waals surface area contributed by atoms with Crippen molar-refractivity contribution in [2.24, 2.45) is 23.7 Å². The summed E-state index contributed by atoms with van der Waals surface area (Å²) in [6.45, 7) is 18.3. The first-order valence-corrected chi connectivity index (χ1v) is 35.9. The lowest BCUT2D eigenvalue weighted by molar-refractivity contribution is 0.0516. The van der Waals surface area contributed by atoms with Crippen molar-refractivity contribution in [3.63, 3.8) is 0 Å². The number of aromatic nitrogens is 3. The van der Waals surface area contributed by atoms with E-state index in [9.17, 15) is 9.59 Å². The van der Waals surface area contributed by atoms with Crippen molar-refractivity contribution < 1.29 is 32.7 Å². The Morgan fingerprint density at radius 2 is 0.740 bits per heavy atom. The Morgan fingerprint density at radius 3 is 1.14 bits per heavy atom. The van der Waals surface area contributed by atoms with E-state index in [1.165, 1.54) is 49.7 Å². The van der Waals surface area contributed by atoms with Crippen LogP contribution in [-0.2, 0) is 12.8 Å². The molecule has 2 aliphatic rings. The molecule has 0 radical (unpaired) electrons. The molecule has 12 nitrogen and oxygen atoms in total. The van der Waals surface area contributed by atoms with Gasteiger partial charge in [-0.1, -0.05) is 234 Å². The summed E-state index contributed by atoms with van der Waals surface area (Å²) in [4.78, 5) is 62.5. The van der Waals surface area contributed by atoms with Crippen LogP contribution in [0.5, 0.6) is 0 Å². The van der Waals surface area contributed by atoms with Gasteiger partial charge in [-0.05, 0) is 148 Å². The molecular weight excluding hydrogens is 1190 g/mol. The molecule has 0 N–H and O–H groups in total. The fourth-order valence-electron chi connectivity index (χ4n) is 15.0. The molecule has 0 saturated heterocycles. The SMILES string of the molecule is CCCCCCC(CCCCCC)N1C(=O)c2ccc3c4ccc5c6c(ccc(c7ccc(c2c37)C1=O)c64)C(=O)N(c1cc(-c2cc(-c3cc(-c4ccc(CC[C@@H](C)CCCC(C)C)cc4)no3)cc(-c3cc(-c4ccc(CC[C@@H](C)CCCC(C)C)cc4)no3)c2)on1)C5=O. The molecule has 0 bridgehead atoms. The van der Waals surface area contributed by atoms with Gasteiger partial charge in [-0.2, -0.15) is 0 Å². The van der Waals surface area contributed by atoms with Gasteiger partial charge in [0, 0.05) is 85.1 Å². The number of hydrogen-bond donors (Lipinski definition) is 0. The van der Waals surface area contributed by atoms with Gasteiger partial charge in [0.15, 0.2) is 23.1 Å². The second-order valence-corrected chi connectivity index (χ2v) is 28.8. The van der Waals surface area contributed by atoms with Gasteiger partial charge in [0.05, 0.1) is 0 Å². The Hall–Kier alpha value is -9.03. The van der Waals surface area contributed by atoms with Crippen LogP contribution in [0.15, 0.2) is 147 Å². The molecule has 96 heavy (non-hydrogen) atoms. The maximum atomic E-state index is 15.1. The molecule has 12 heteroatoms. The number of aryl methyl sites for hydroxylation is 2. The monoisotopic (exact) mass is 1280 g/mol. The normalized spacial score (nSPS) is 14.1. The molecule has 4 amide bonds. The van der Waals surface area contributed by atoms with Gasteiger partial charge in [-0.15, -0.1) is 0 Å². The number of benzene rings is 8. The first-order valence-electron chi connectivity index (χ1n) is 35.9. The van der Waals surface area contributed by atoms with Crippen molar-refractivity contribution >= 4 is 72.5 Å². The summed E-state index contributed by atoms with van der Waals surface area (Å²) in [6.07, 6.45) is 22.1. The lowest BCUT2D eigenvalue weighted by Gasteiger charge is -2.35. The molecule has 5 heterocycles. The van der Waals surface area contributed by atoms with Crippen LogP contribution in [0.3, 0.4) is 0 Å². The Morgan fingerprint density at radius 1 is 0.354 bits per heavy atom. The van der Waals surface area contributed by atoms with Gasteiger partial charge in [0.25, 0.3) is 23.6 Å². The van der Waals surface area contributed by atoms with E-state index >= 15 is 9.59 Å². The van der Waals surface area contributed by atoms with Crippen molar-refractivity contribution in [1.29, 1.82) is 0 Å². The number of fused-ring (bicyclic) bond motifs is 2. The molecule has 0 aliphatic carbocycles. The summed E-state index contributed by atoms with van der Waals surface area (Å²) >= 11 is 0. The van der Waals surface area contributed by atoms with Crippen molar-refractivity contribution in [2.45, 2.75) is 190 Å². The summed E-state index contributed by atoms with van der Waals surface area (Å²) in [6, 6.07) is 43.4. The quantitative estimate of drug-likeness (QED) is 0.0178. The van der Waals surface area contributed by atoms with E-state index in [-0.39, 0.29) is 23.7 Å². The second-order valence-electron chi connectivity index (χ2n) is 28.8. The number of nitrogens with zero attached hydrogens (tertiary/aromatic N) is 5. The molecule has 11 aromatic rings. The minimum absolute atomic E-state index is 0.0279. The Kier molecular flexibility index (Phi) is 19.6. The maximum absolute atomic E-state index is 15.1. The minimum atomic E-state index is -0.542. The van der Waals surface area contributed by atoms with E-state index in [1.807, 2.05) is 66.7 Å². The lowest BCUT2D eigenvalue weighted by atomic mass is 9.82. The van der Waals surface area contributed by atoms with Gasteiger partial charge in [-0.25, -0.2) is 4.90 Å². The third-order valence-electron chi connectivity index (χ3n) is 20.7. The van der Waals surface area contributed by atoms with Crippen LogP contribution < -0.4 is 4.90 Å². The third kappa shape index (κ3) is 13.3. The molecule has 8 aromatic carbocycles. The highest BCUT2D eigenvalue weighted by Crippen LogP contribution is 2.48. The number of imide groups is 2. The third-order valence-corrected chi connectivity index (χ3v) is 20.7. The minimum Gasteiger partial charge on any atom is -0.356 e. The van der Waals surface area contributed by atoms with E-state index < -0.39 is 11.8 Å². The van der Waals surface area contributed by atoms with Crippen LogP contribution in [0.1, 0.15) is 224 Å². The molecule has 0 unspecified atom stereocenters. The maximum Gasteiger partial charge on any atom is 0.267 e. The average Bonchev–Trinajstić information content (AvgIpc) is 0.707. The summed E-state index contributed by atoms with van der Waals surface area (Å²) in [5.41, 5.74) is 9.52. The molecule has 13 rings (SSSR count). The number of rotatable bonds is 31. The highest BCUT2D eigenvalue weighted by molar-refractivity contribution is 6.43. The molecular formula is C84H91N5O7. The van der Waals surface area contributed by atoms with E-state index in [2.05, 4.69) is 119 Å². The van der Waals surface area contributed by atoms with Crippen molar-refractivity contribution in [1.82, 2.24) is 20.4 Å². The smallest absolute Gasteiger partial charge is 0.267 e. The number of unbranched alkanes of at least 4 members (excludes halogenated alkanes) is 6. The highest BCUT2D eigenvalue weighted by atomic mass is 16.5. The Balaban J connectivity index is 0.798. The number of carbonyl (C=O) groups is 4. The Labute approximate surface area is 564 Å². The summed E-state index contributed by atoms with van der Waals surface area (Å²) in [7, 11) is 0. The van der Waals surface area contributed by atoms with Crippen molar-refractivity contribution in [3.05, 3.63) is 167 Å². The summed E-state index contributed by atoms with van der Waals surface area (Å²) < 4.78 is 18.5. The van der Waals surface area contributed by atoms with E-state index in [4.69, 9.17) is 13.6 Å². The highest BCUT2D eigenvalue weighted by Gasteiger charge is 2.40. The van der Waals surface area contributed by atoms with Crippen LogP contribution in [-0.4, -0.2) is 50.0 Å². The molecule has 3 aromatic heterocycles. The van der Waals surface area contributed by atoms with Crippen LogP contribution in [0.2, 0.25) is 0 Å². The van der Waals surface area contributed by atoms with Crippen LogP contribution >= 0.6 is 0 Å². The van der Waals surface area contributed by atoms with E-state index in [0.717, 1.165) is 150 Å². The van der Waals surface area contributed by atoms with Gasteiger partial charge >= 0.3 is 0 Å². The Bertz CT molecular complexity index is 4370. The number of amides is 4. The molecule has 2 aliphatic heterocycles. The lowest BCUT2D eigenvalue weighted by Crippen LogP contribution is -2.47. The van der Waals surface area contributed by atoms with Crippen LogP contribution in [0.25, 0.3) is 99.6 Å². The van der Waals surface area contributed by atoms with Gasteiger partial charge in [0.1, 0.15) is 11.4 Å². The fraction of sp³-hybridized carbons (Fsp3) is 0.393. The molecule has 0 saturated carbocycles. The average molecular weight is 1280 g/mol. The van der Waals surface area contributed by atoms with Crippen molar-refractivity contribution in [3.8, 4) is 56.5 Å². The van der Waals surface area contributed by atoms with Crippen LogP contribution in [0, 0.1) is 23.7 Å². The molecule has 0 spiro atoms. The largest absolute Gasteiger partial charge is 0.356 e. The predicted octanol–water partition coefficient (Wildman–Crippen LogP) is 22.5. The van der Waals surface area contributed by atoms with E-state index in [1.54, 1.807) is 23.1 Å². The number of carbonyl (C=O) groups excluding carboxylic acids is 4. The van der Waals surface area contributed by atoms with Crippen molar-refractivity contribution in [2.75, 3.05) is 4.90 Å². The zero-order valence-electron chi connectivity index (χ0n) is 57.3. The van der Waals surface area contributed by atoms with Gasteiger partial charge in [-0.3, -0.25) is 24.1 Å². The first kappa shape index (κ1) is 65.6. The number of hydrogen-bond acceptors (Lipinski definition) is 10. The topological polar surface area (TPSA) is 153 Å². The summed E-state index contributed by atoms with van der Waals surface area (Å²) in [5.74, 6) is 2.59. The standard InChI is InChI=1S/C84H91N5O7/c1-9-11-13-15-23-62(24-16-14-12-10-2)88-81(90)67-41-37-63-65-39-43-69-80-70(44-40-66(78(65)80)64-38-42-68(82(88)91)79(67)77(63)64)84(93)89(83(69)92)76-50-75(96-87-76)61-46-59(73-48-71(85-94-73)57-33-29-55(30-34-57)27-25-53(7)21-17-19-51(3)4)45-60(47-61)74-49-72(86-95-74)58-35-31-56(32-36-58)28-26-54(8)22-18-20-52(5)6/h29-54,62H,9-28H2,1-8H3/t53-,54-/m0/s1. The predicted molar refractivity (Wildman–Crippen MR) is 387 cm³/mol. The molecule has 0 fully saturated rings. The van der Waals surface area contributed by atoms with E-state index in [0.29, 0.717) is 90.2 Å². The zero-order chi connectivity index (χ0) is 66.7. The van der Waals surface area contributed by atoms with Gasteiger partial charge in [0.2, 0.25) is 0 Å². The van der Waals surface area contributed by atoms with Crippen LogP contribution in [0.4, 0.5) is 5.82 Å². The molecule has 2 atom stereocenters.